The summed E-state index contributed by atoms with van der Waals surface area (Å²) < 4.78 is 23.6. The van der Waals surface area contributed by atoms with Crippen LogP contribution in [0.15, 0.2) is 12.1 Å². The van der Waals surface area contributed by atoms with Gasteiger partial charge in [0.25, 0.3) is 0 Å². The Hall–Kier alpha value is -1.45. The Morgan fingerprint density at radius 1 is 1.31 bits per heavy atom. The first-order valence-electron chi connectivity index (χ1n) is 3.95. The van der Waals surface area contributed by atoms with E-state index >= 15 is 0 Å². The molecule has 0 saturated heterocycles. The smallest absolute Gasteiger partial charge is 0.246 e. The summed E-state index contributed by atoms with van der Waals surface area (Å²) in [5, 5.41) is 0. The molecule has 0 aromatic heterocycles. The van der Waals surface area contributed by atoms with Crippen molar-refractivity contribution >= 4 is 5.69 Å². The third-order valence-electron chi connectivity index (χ3n) is 1.81. The SMILES string of the molecule is CC1(C)Oc2ccc(F)c(N)c2O1. The Balaban J connectivity index is 2.53. The summed E-state index contributed by atoms with van der Waals surface area (Å²) in [6.45, 7) is 3.48. The number of nitrogens with two attached hydrogens (primary N) is 1. The Morgan fingerprint density at radius 3 is 2.69 bits per heavy atom. The van der Waals surface area contributed by atoms with Gasteiger partial charge in [-0.2, -0.15) is 0 Å². The molecule has 1 aromatic rings. The minimum Gasteiger partial charge on any atom is -0.449 e. The molecular weight excluding hydrogens is 173 g/mol. The molecule has 0 radical (unpaired) electrons. The van der Waals surface area contributed by atoms with Crippen LogP contribution in [-0.4, -0.2) is 5.79 Å². The molecule has 2 rings (SSSR count). The first kappa shape index (κ1) is 8.16. The van der Waals surface area contributed by atoms with Crippen molar-refractivity contribution in [1.82, 2.24) is 0 Å². The van der Waals surface area contributed by atoms with Crippen LogP contribution in [0.4, 0.5) is 10.1 Å². The van der Waals surface area contributed by atoms with Crippen molar-refractivity contribution in [3.8, 4) is 11.5 Å². The third kappa shape index (κ3) is 1.18. The van der Waals surface area contributed by atoms with Crippen molar-refractivity contribution in [2.45, 2.75) is 19.6 Å². The van der Waals surface area contributed by atoms with Crippen LogP contribution >= 0.6 is 0 Å². The van der Waals surface area contributed by atoms with Crippen molar-refractivity contribution < 1.29 is 13.9 Å². The maximum Gasteiger partial charge on any atom is 0.246 e. The van der Waals surface area contributed by atoms with Gasteiger partial charge in [0.1, 0.15) is 11.5 Å². The lowest BCUT2D eigenvalue weighted by Gasteiger charge is -2.16. The molecule has 1 aromatic carbocycles. The van der Waals surface area contributed by atoms with Crippen LogP contribution in [0.5, 0.6) is 11.5 Å². The van der Waals surface area contributed by atoms with Gasteiger partial charge >= 0.3 is 0 Å². The summed E-state index contributed by atoms with van der Waals surface area (Å²) >= 11 is 0. The fourth-order valence-corrected chi connectivity index (χ4v) is 1.27. The van der Waals surface area contributed by atoms with Crippen LogP contribution in [-0.2, 0) is 0 Å². The summed E-state index contributed by atoms with van der Waals surface area (Å²) in [5.41, 5.74) is 5.48. The van der Waals surface area contributed by atoms with Gasteiger partial charge in [-0.25, -0.2) is 4.39 Å². The minimum absolute atomic E-state index is 0.00285. The lowest BCUT2D eigenvalue weighted by Crippen LogP contribution is -2.29. The summed E-state index contributed by atoms with van der Waals surface area (Å²) in [6.07, 6.45) is 0. The number of ether oxygens (including phenoxy) is 2. The highest BCUT2D eigenvalue weighted by Crippen LogP contribution is 2.44. The van der Waals surface area contributed by atoms with Gasteiger partial charge in [-0.3, -0.25) is 0 Å². The highest BCUT2D eigenvalue weighted by Gasteiger charge is 2.33. The molecule has 3 nitrogen and oxygen atoms in total. The zero-order chi connectivity index (χ0) is 9.64. The molecule has 0 atom stereocenters. The van der Waals surface area contributed by atoms with E-state index in [9.17, 15) is 4.39 Å². The van der Waals surface area contributed by atoms with Gasteiger partial charge in [0.05, 0.1) is 0 Å². The summed E-state index contributed by atoms with van der Waals surface area (Å²) in [4.78, 5) is 0. The number of anilines is 1. The molecule has 0 spiro atoms. The highest BCUT2D eigenvalue weighted by molar-refractivity contribution is 5.62. The number of nitrogen functional groups attached to an aromatic ring is 1. The van der Waals surface area contributed by atoms with Crippen molar-refractivity contribution in [2.75, 3.05) is 5.73 Å². The summed E-state index contributed by atoms with van der Waals surface area (Å²) in [5.74, 6) is -0.460. The van der Waals surface area contributed by atoms with Crippen LogP contribution in [0, 0.1) is 5.82 Å². The molecule has 4 heteroatoms. The van der Waals surface area contributed by atoms with Crippen molar-refractivity contribution in [3.05, 3.63) is 17.9 Å². The van der Waals surface area contributed by atoms with Crippen LogP contribution in [0.25, 0.3) is 0 Å². The van der Waals surface area contributed by atoms with Crippen LogP contribution in [0.2, 0.25) is 0 Å². The van der Waals surface area contributed by atoms with Crippen molar-refractivity contribution in [3.63, 3.8) is 0 Å². The molecule has 0 amide bonds. The molecule has 0 bridgehead atoms. The molecule has 0 saturated carbocycles. The van der Waals surface area contributed by atoms with Gasteiger partial charge in [0.15, 0.2) is 11.5 Å². The average molecular weight is 183 g/mol. The highest BCUT2D eigenvalue weighted by atomic mass is 19.1. The first-order chi connectivity index (χ1) is 5.99. The molecule has 1 heterocycles. The Kier molecular flexibility index (Phi) is 1.43. The van der Waals surface area contributed by atoms with Gasteiger partial charge in [0.2, 0.25) is 5.79 Å². The van der Waals surface area contributed by atoms with E-state index in [1.54, 1.807) is 13.8 Å². The topological polar surface area (TPSA) is 44.5 Å². The average Bonchev–Trinajstić information content (AvgIpc) is 2.34. The van der Waals surface area contributed by atoms with E-state index in [-0.39, 0.29) is 5.69 Å². The molecular formula is C9H10FNO2. The number of rotatable bonds is 0. The van der Waals surface area contributed by atoms with Gasteiger partial charge in [-0.05, 0) is 12.1 Å². The minimum atomic E-state index is -0.760. The number of halogens is 1. The standard InChI is InChI=1S/C9H10FNO2/c1-9(2)12-6-4-3-5(10)7(11)8(6)13-9/h3-4H,11H2,1-2H3. The number of hydrogen-bond acceptors (Lipinski definition) is 3. The molecule has 0 aliphatic carbocycles. The predicted molar refractivity (Wildman–Crippen MR) is 46.1 cm³/mol. The maximum atomic E-state index is 13.0. The Morgan fingerprint density at radius 2 is 2.00 bits per heavy atom. The zero-order valence-electron chi connectivity index (χ0n) is 7.43. The van der Waals surface area contributed by atoms with Crippen LogP contribution in [0.1, 0.15) is 13.8 Å². The molecule has 1 aliphatic rings. The fourth-order valence-electron chi connectivity index (χ4n) is 1.27. The van der Waals surface area contributed by atoms with Crippen LogP contribution < -0.4 is 15.2 Å². The second-order valence-corrected chi connectivity index (χ2v) is 3.39. The molecule has 0 unspecified atom stereocenters. The summed E-state index contributed by atoms with van der Waals surface area (Å²) in [7, 11) is 0. The molecule has 1 aliphatic heterocycles. The van der Waals surface area contributed by atoms with Gasteiger partial charge in [-0.1, -0.05) is 0 Å². The molecule has 13 heavy (non-hydrogen) atoms. The van der Waals surface area contributed by atoms with E-state index in [0.29, 0.717) is 11.5 Å². The Labute approximate surface area is 75.3 Å². The maximum absolute atomic E-state index is 13.0. The third-order valence-corrected chi connectivity index (χ3v) is 1.81. The molecule has 0 fully saturated rings. The van der Waals surface area contributed by atoms with E-state index in [1.807, 2.05) is 0 Å². The quantitative estimate of drug-likeness (QED) is 0.625. The lowest BCUT2D eigenvalue weighted by atomic mass is 10.2. The Bertz CT molecular complexity index is 363. The first-order valence-corrected chi connectivity index (χ1v) is 3.95. The van der Waals surface area contributed by atoms with E-state index in [1.165, 1.54) is 12.1 Å². The number of benzene rings is 1. The van der Waals surface area contributed by atoms with E-state index < -0.39 is 11.6 Å². The second-order valence-electron chi connectivity index (χ2n) is 3.39. The monoisotopic (exact) mass is 183 g/mol. The molecule has 70 valence electrons. The predicted octanol–water partition coefficient (Wildman–Crippen LogP) is 1.92. The summed E-state index contributed by atoms with van der Waals surface area (Å²) in [6, 6.07) is 2.77. The largest absolute Gasteiger partial charge is 0.449 e. The fraction of sp³-hybridized carbons (Fsp3) is 0.333. The second kappa shape index (κ2) is 2.28. The van der Waals surface area contributed by atoms with E-state index in [4.69, 9.17) is 15.2 Å². The number of fused-ring (bicyclic) bond motifs is 1. The van der Waals surface area contributed by atoms with Gasteiger partial charge in [-0.15, -0.1) is 0 Å². The molecule has 2 N–H and O–H groups in total. The van der Waals surface area contributed by atoms with Gasteiger partial charge in [0, 0.05) is 13.8 Å². The zero-order valence-corrected chi connectivity index (χ0v) is 7.43. The normalized spacial score (nSPS) is 17.5. The number of hydrogen-bond donors (Lipinski definition) is 1. The van der Waals surface area contributed by atoms with Crippen molar-refractivity contribution in [2.24, 2.45) is 0 Å². The van der Waals surface area contributed by atoms with E-state index in [0.717, 1.165) is 0 Å². The van der Waals surface area contributed by atoms with Gasteiger partial charge < -0.3 is 15.2 Å². The van der Waals surface area contributed by atoms with E-state index in [2.05, 4.69) is 0 Å². The van der Waals surface area contributed by atoms with Crippen LogP contribution in [0.3, 0.4) is 0 Å². The van der Waals surface area contributed by atoms with Crippen molar-refractivity contribution in [1.29, 1.82) is 0 Å². The lowest BCUT2D eigenvalue weighted by molar-refractivity contribution is -0.0429.